The number of hydrogen-bond donors (Lipinski definition) is 0. The van der Waals surface area contributed by atoms with Crippen LogP contribution >= 0.6 is 11.3 Å². The topological polar surface area (TPSA) is 9.23 Å². The molecule has 0 aliphatic carbocycles. The summed E-state index contributed by atoms with van der Waals surface area (Å²) in [4.78, 5) is 1.07. The minimum absolute atomic E-state index is 0.916. The van der Waals surface area contributed by atoms with Crippen LogP contribution in [0.15, 0.2) is 23.6 Å². The number of ether oxygens (including phenoxy) is 1. The Kier molecular flexibility index (Phi) is 1.77. The van der Waals surface area contributed by atoms with Gasteiger partial charge in [0, 0.05) is 10.3 Å². The van der Waals surface area contributed by atoms with Crippen molar-refractivity contribution >= 4 is 22.1 Å². The van der Waals surface area contributed by atoms with Crippen molar-refractivity contribution in [1.29, 1.82) is 0 Å². The first kappa shape index (κ1) is 7.62. The number of benzene rings is 1. The Bertz CT molecular complexity index is 403. The van der Waals surface area contributed by atoms with E-state index in [-0.39, 0.29) is 0 Å². The molecule has 0 bridgehead atoms. The minimum Gasteiger partial charge on any atom is -0.496 e. The maximum atomic E-state index is 5.23. The molecule has 1 heterocycles. The number of methoxy groups -OCH3 is 1. The van der Waals surface area contributed by atoms with Gasteiger partial charge in [-0.2, -0.15) is 0 Å². The second-order valence-electron chi connectivity index (χ2n) is 2.58. The normalized spacial score (nSPS) is 10.5. The van der Waals surface area contributed by atoms with Gasteiger partial charge in [-0.25, -0.2) is 0 Å². The third-order valence-electron chi connectivity index (χ3n) is 1.89. The Morgan fingerprint density at radius 3 is 3.00 bits per heavy atom. The van der Waals surface area contributed by atoms with Gasteiger partial charge in [0.15, 0.2) is 0 Å². The van der Waals surface area contributed by atoms with Crippen molar-refractivity contribution in [2.45, 2.75) is 0 Å². The molecule has 0 aliphatic heterocycles. The lowest BCUT2D eigenvalue weighted by Gasteiger charge is -2.01. The zero-order valence-electron chi connectivity index (χ0n) is 6.83. The van der Waals surface area contributed by atoms with E-state index < -0.39 is 0 Å². The van der Waals surface area contributed by atoms with E-state index in [0.717, 1.165) is 16.0 Å². The Labute approximate surface area is 75.6 Å². The largest absolute Gasteiger partial charge is 0.496 e. The molecule has 61 valence electrons. The molecule has 1 aromatic heterocycles. The third-order valence-corrected chi connectivity index (χ3v) is 2.75. The summed E-state index contributed by atoms with van der Waals surface area (Å²) < 4.78 is 5.23. The zero-order chi connectivity index (χ0) is 8.55. The van der Waals surface area contributed by atoms with Gasteiger partial charge in [0.1, 0.15) is 5.75 Å². The lowest BCUT2D eigenvalue weighted by molar-refractivity contribution is 0.420. The molecule has 0 spiro atoms. The van der Waals surface area contributed by atoms with Crippen molar-refractivity contribution in [3.8, 4) is 5.75 Å². The maximum absolute atomic E-state index is 5.23. The molecule has 0 saturated carbocycles. The lowest BCUT2D eigenvalue weighted by atomic mass is 10.2. The molecule has 12 heavy (non-hydrogen) atoms. The van der Waals surface area contributed by atoms with Gasteiger partial charge in [0.05, 0.1) is 7.11 Å². The number of rotatable bonds is 1. The van der Waals surface area contributed by atoms with Crippen molar-refractivity contribution in [1.82, 2.24) is 0 Å². The van der Waals surface area contributed by atoms with Gasteiger partial charge >= 0.3 is 0 Å². The first-order chi connectivity index (χ1) is 5.83. The molecule has 0 saturated heterocycles. The van der Waals surface area contributed by atoms with Gasteiger partial charge in [-0.1, -0.05) is 12.1 Å². The molecule has 1 aromatic carbocycles. The minimum atomic E-state index is 0.916. The van der Waals surface area contributed by atoms with Crippen LogP contribution in [0.2, 0.25) is 0 Å². The summed E-state index contributed by atoms with van der Waals surface area (Å²) in [6.07, 6.45) is 0. The predicted octanol–water partition coefficient (Wildman–Crippen LogP) is 3.09. The van der Waals surface area contributed by atoms with Crippen LogP contribution in [0.5, 0.6) is 5.75 Å². The molecule has 2 rings (SSSR count). The van der Waals surface area contributed by atoms with Crippen molar-refractivity contribution in [2.24, 2.45) is 0 Å². The summed E-state index contributed by atoms with van der Waals surface area (Å²) >= 11 is 1.66. The fourth-order valence-electron chi connectivity index (χ4n) is 1.31. The van der Waals surface area contributed by atoms with Crippen molar-refractivity contribution in [3.05, 3.63) is 35.4 Å². The zero-order valence-corrected chi connectivity index (χ0v) is 7.65. The molecular weight excluding hydrogens is 168 g/mol. The number of thiophene rings is 1. The first-order valence-electron chi connectivity index (χ1n) is 3.69. The SMILES string of the molecule is [CH2]c1scc2cccc(OC)c12. The molecule has 2 aromatic rings. The van der Waals surface area contributed by atoms with Gasteiger partial charge in [-0.3, -0.25) is 0 Å². The molecule has 0 aliphatic rings. The molecular formula is C10H9OS. The molecule has 2 heteroatoms. The highest BCUT2D eigenvalue weighted by atomic mass is 32.1. The summed E-state index contributed by atoms with van der Waals surface area (Å²) in [6, 6.07) is 6.03. The first-order valence-corrected chi connectivity index (χ1v) is 4.57. The van der Waals surface area contributed by atoms with Crippen LogP contribution in [-0.2, 0) is 0 Å². The van der Waals surface area contributed by atoms with E-state index in [0.29, 0.717) is 0 Å². The lowest BCUT2D eigenvalue weighted by Crippen LogP contribution is -1.82. The molecule has 0 unspecified atom stereocenters. The number of fused-ring (bicyclic) bond motifs is 1. The smallest absolute Gasteiger partial charge is 0.127 e. The van der Waals surface area contributed by atoms with Crippen LogP contribution < -0.4 is 4.74 Å². The average Bonchev–Trinajstić information content (AvgIpc) is 2.48. The predicted molar refractivity (Wildman–Crippen MR) is 52.8 cm³/mol. The monoisotopic (exact) mass is 177 g/mol. The highest BCUT2D eigenvalue weighted by molar-refractivity contribution is 7.11. The van der Waals surface area contributed by atoms with Crippen LogP contribution in [0.4, 0.5) is 0 Å². The summed E-state index contributed by atoms with van der Waals surface area (Å²) in [5, 5.41) is 4.45. The Balaban J connectivity index is 2.84. The van der Waals surface area contributed by atoms with Gasteiger partial charge in [-0.05, 0) is 23.8 Å². The van der Waals surface area contributed by atoms with Crippen LogP contribution in [0.1, 0.15) is 4.88 Å². The molecule has 0 fully saturated rings. The van der Waals surface area contributed by atoms with E-state index in [1.54, 1.807) is 18.4 Å². The van der Waals surface area contributed by atoms with Gasteiger partial charge in [0.25, 0.3) is 0 Å². The Morgan fingerprint density at radius 2 is 2.25 bits per heavy atom. The second-order valence-corrected chi connectivity index (χ2v) is 3.55. The molecule has 0 amide bonds. The quantitative estimate of drug-likeness (QED) is 0.650. The molecule has 0 N–H and O–H groups in total. The molecule has 1 nitrogen and oxygen atoms in total. The number of hydrogen-bond acceptors (Lipinski definition) is 2. The van der Waals surface area contributed by atoms with E-state index >= 15 is 0 Å². The fraction of sp³-hybridized carbons (Fsp3) is 0.100. The van der Waals surface area contributed by atoms with Crippen LogP contribution in [0, 0.1) is 6.92 Å². The molecule has 0 atom stereocenters. The van der Waals surface area contributed by atoms with E-state index in [9.17, 15) is 0 Å². The van der Waals surface area contributed by atoms with Gasteiger partial charge < -0.3 is 4.74 Å². The van der Waals surface area contributed by atoms with Gasteiger partial charge in [-0.15, -0.1) is 11.3 Å². The van der Waals surface area contributed by atoms with Crippen LogP contribution in [0.25, 0.3) is 10.8 Å². The Hall–Kier alpha value is -1.02. The average molecular weight is 177 g/mol. The van der Waals surface area contributed by atoms with E-state index in [1.165, 1.54) is 5.39 Å². The van der Waals surface area contributed by atoms with Gasteiger partial charge in [0.2, 0.25) is 0 Å². The standard InChI is InChI=1S/C10H9OS/c1-7-10-8(6-12-7)4-3-5-9(10)11-2/h3-6H,1H2,2H3. The summed E-state index contributed by atoms with van der Waals surface area (Å²) in [5.41, 5.74) is 0. The maximum Gasteiger partial charge on any atom is 0.127 e. The van der Waals surface area contributed by atoms with E-state index in [1.807, 2.05) is 12.1 Å². The second kappa shape index (κ2) is 2.79. The highest BCUT2D eigenvalue weighted by Gasteiger charge is 2.04. The molecule has 1 radical (unpaired) electrons. The third kappa shape index (κ3) is 0.994. The van der Waals surface area contributed by atoms with Crippen molar-refractivity contribution in [2.75, 3.05) is 7.11 Å². The van der Waals surface area contributed by atoms with Crippen molar-refractivity contribution < 1.29 is 4.74 Å². The van der Waals surface area contributed by atoms with E-state index in [4.69, 9.17) is 4.74 Å². The fourth-order valence-corrected chi connectivity index (χ4v) is 2.11. The summed E-state index contributed by atoms with van der Waals surface area (Å²) in [6.45, 7) is 3.96. The van der Waals surface area contributed by atoms with E-state index in [2.05, 4.69) is 18.4 Å². The summed E-state index contributed by atoms with van der Waals surface area (Å²) in [7, 11) is 1.69. The Morgan fingerprint density at radius 1 is 1.42 bits per heavy atom. The highest BCUT2D eigenvalue weighted by Crippen LogP contribution is 2.32. The van der Waals surface area contributed by atoms with Crippen LogP contribution in [-0.4, -0.2) is 7.11 Å². The summed E-state index contributed by atoms with van der Waals surface area (Å²) in [5.74, 6) is 0.916. The van der Waals surface area contributed by atoms with Crippen molar-refractivity contribution in [3.63, 3.8) is 0 Å². The van der Waals surface area contributed by atoms with Crippen LogP contribution in [0.3, 0.4) is 0 Å².